The maximum absolute atomic E-state index is 12.9. The van der Waals surface area contributed by atoms with Gasteiger partial charge in [0.1, 0.15) is 5.75 Å². The van der Waals surface area contributed by atoms with Crippen LogP contribution in [0.2, 0.25) is 0 Å². The smallest absolute Gasteiger partial charge is 0.261 e. The Kier molecular flexibility index (Phi) is 6.84. The highest BCUT2D eigenvalue weighted by Crippen LogP contribution is 2.24. The molecular weight excluding hydrogens is 438 g/mol. The minimum absolute atomic E-state index is 0.00744. The third-order valence-electron chi connectivity index (χ3n) is 5.57. The molecule has 0 aromatic heterocycles. The average molecular weight is 466 g/mol. The molecule has 1 amide bonds. The molecule has 172 valence electrons. The summed E-state index contributed by atoms with van der Waals surface area (Å²) in [6, 6.07) is 20.3. The van der Waals surface area contributed by atoms with Gasteiger partial charge in [0.2, 0.25) is 0 Å². The topological polar surface area (TPSA) is 87.7 Å². The second-order valence-electron chi connectivity index (χ2n) is 7.91. The predicted octanol–water partition coefficient (Wildman–Crippen LogP) is 4.74. The fourth-order valence-corrected chi connectivity index (χ4v) is 4.92. The number of carbonyl (C=O) groups is 1. The highest BCUT2D eigenvalue weighted by atomic mass is 32.2. The molecule has 1 fully saturated rings. The number of nitrogens with zero attached hydrogens (tertiary/aromatic N) is 1. The zero-order valence-electron chi connectivity index (χ0n) is 18.5. The van der Waals surface area contributed by atoms with E-state index in [1.165, 1.54) is 31.4 Å². The zero-order chi connectivity index (χ0) is 23.3. The lowest BCUT2D eigenvalue weighted by Gasteiger charge is -2.29. The minimum atomic E-state index is -3.86. The van der Waals surface area contributed by atoms with E-state index in [0.717, 1.165) is 18.8 Å². The summed E-state index contributed by atoms with van der Waals surface area (Å²) in [5.41, 5.74) is 2.41. The molecule has 1 heterocycles. The number of amides is 1. The standard InChI is InChI=1S/C25H27N3O4S/c1-32-23-13-11-20(12-14-23)27-33(30,31)24-10-5-7-19(17-24)25(29)26-21-8-6-9-22(18-21)28-15-3-2-4-16-28/h5-14,17-18,27H,2-4,15-16H2,1H3,(H,26,29). The number of nitrogens with one attached hydrogen (secondary N) is 2. The van der Waals surface area contributed by atoms with Gasteiger partial charge in [0.25, 0.3) is 15.9 Å². The number of hydrogen-bond acceptors (Lipinski definition) is 5. The normalized spacial score (nSPS) is 13.9. The summed E-state index contributed by atoms with van der Waals surface area (Å²) < 4.78 is 33.3. The molecule has 0 saturated carbocycles. The number of hydrogen-bond donors (Lipinski definition) is 2. The molecule has 1 saturated heterocycles. The summed E-state index contributed by atoms with van der Waals surface area (Å²) in [4.78, 5) is 15.2. The van der Waals surface area contributed by atoms with Crippen molar-refractivity contribution >= 4 is 33.0 Å². The predicted molar refractivity (Wildman–Crippen MR) is 131 cm³/mol. The molecule has 0 unspecified atom stereocenters. The fraction of sp³-hybridized carbons (Fsp3) is 0.240. The maximum atomic E-state index is 12.9. The van der Waals surface area contributed by atoms with E-state index in [1.54, 1.807) is 43.5 Å². The molecule has 2 N–H and O–H groups in total. The van der Waals surface area contributed by atoms with Crippen molar-refractivity contribution in [1.82, 2.24) is 0 Å². The first-order chi connectivity index (χ1) is 15.9. The van der Waals surface area contributed by atoms with Crippen molar-refractivity contribution in [2.24, 2.45) is 0 Å². The van der Waals surface area contributed by atoms with Gasteiger partial charge in [-0.1, -0.05) is 12.1 Å². The van der Waals surface area contributed by atoms with Crippen LogP contribution in [0.4, 0.5) is 17.1 Å². The Labute approximate surface area is 194 Å². The highest BCUT2D eigenvalue weighted by molar-refractivity contribution is 7.92. The first-order valence-electron chi connectivity index (χ1n) is 10.9. The van der Waals surface area contributed by atoms with Crippen molar-refractivity contribution in [3.05, 3.63) is 78.4 Å². The van der Waals surface area contributed by atoms with Crippen LogP contribution in [0.15, 0.2) is 77.7 Å². The molecule has 33 heavy (non-hydrogen) atoms. The summed E-state index contributed by atoms with van der Waals surface area (Å²) in [5, 5.41) is 2.88. The number of rotatable bonds is 7. The quantitative estimate of drug-likeness (QED) is 0.526. The Morgan fingerprint density at radius 3 is 2.33 bits per heavy atom. The lowest BCUT2D eigenvalue weighted by atomic mass is 10.1. The third kappa shape index (κ3) is 5.64. The molecule has 1 aliphatic heterocycles. The largest absolute Gasteiger partial charge is 0.497 e. The second-order valence-corrected chi connectivity index (χ2v) is 9.60. The van der Waals surface area contributed by atoms with Crippen molar-refractivity contribution < 1.29 is 17.9 Å². The summed E-state index contributed by atoms with van der Waals surface area (Å²) in [6.07, 6.45) is 3.59. The van der Waals surface area contributed by atoms with E-state index in [2.05, 4.69) is 14.9 Å². The Hall–Kier alpha value is -3.52. The Morgan fingerprint density at radius 1 is 0.879 bits per heavy atom. The van der Waals surface area contributed by atoms with Crippen LogP contribution in [-0.4, -0.2) is 34.5 Å². The van der Waals surface area contributed by atoms with Crippen LogP contribution < -0.4 is 19.7 Å². The van der Waals surface area contributed by atoms with Gasteiger partial charge in [0, 0.05) is 35.7 Å². The number of benzene rings is 3. The second kappa shape index (κ2) is 9.95. The molecular formula is C25H27N3O4S. The van der Waals surface area contributed by atoms with Gasteiger partial charge >= 0.3 is 0 Å². The molecule has 0 atom stereocenters. The Balaban J connectivity index is 1.48. The molecule has 4 rings (SSSR count). The monoisotopic (exact) mass is 465 g/mol. The lowest BCUT2D eigenvalue weighted by Crippen LogP contribution is -2.29. The molecule has 3 aromatic rings. The SMILES string of the molecule is COc1ccc(NS(=O)(=O)c2cccc(C(=O)Nc3cccc(N4CCCCC4)c3)c2)cc1. The number of carbonyl (C=O) groups excluding carboxylic acids is 1. The summed E-state index contributed by atoms with van der Waals surface area (Å²) in [5.74, 6) is 0.258. The van der Waals surface area contributed by atoms with Gasteiger partial charge in [-0.3, -0.25) is 9.52 Å². The molecule has 0 aliphatic carbocycles. The maximum Gasteiger partial charge on any atom is 0.261 e. The molecule has 7 nitrogen and oxygen atoms in total. The Bertz CT molecular complexity index is 1220. The highest BCUT2D eigenvalue weighted by Gasteiger charge is 2.17. The molecule has 0 bridgehead atoms. The van der Waals surface area contributed by atoms with Crippen LogP contribution in [0, 0.1) is 0 Å². The van der Waals surface area contributed by atoms with E-state index in [-0.39, 0.29) is 16.4 Å². The third-order valence-corrected chi connectivity index (χ3v) is 6.95. The lowest BCUT2D eigenvalue weighted by molar-refractivity contribution is 0.102. The van der Waals surface area contributed by atoms with Crippen molar-refractivity contribution in [2.75, 3.05) is 35.1 Å². The van der Waals surface area contributed by atoms with Gasteiger partial charge in [0.15, 0.2) is 0 Å². The van der Waals surface area contributed by atoms with Crippen LogP contribution in [0.3, 0.4) is 0 Å². The van der Waals surface area contributed by atoms with Crippen LogP contribution >= 0.6 is 0 Å². The van der Waals surface area contributed by atoms with Crippen molar-refractivity contribution in [3.8, 4) is 5.75 Å². The van der Waals surface area contributed by atoms with Crippen LogP contribution in [0.1, 0.15) is 29.6 Å². The van der Waals surface area contributed by atoms with Crippen LogP contribution in [0.25, 0.3) is 0 Å². The number of piperidine rings is 1. The zero-order valence-corrected chi connectivity index (χ0v) is 19.3. The van der Waals surface area contributed by atoms with Gasteiger partial charge < -0.3 is 15.0 Å². The van der Waals surface area contributed by atoms with Crippen molar-refractivity contribution in [2.45, 2.75) is 24.2 Å². The number of anilines is 3. The molecule has 8 heteroatoms. The Morgan fingerprint density at radius 2 is 1.61 bits per heavy atom. The van der Waals surface area contributed by atoms with Crippen molar-refractivity contribution in [1.29, 1.82) is 0 Å². The van der Waals surface area contributed by atoms with Gasteiger partial charge in [-0.05, 0) is 79.9 Å². The molecule has 1 aliphatic rings. The molecule has 3 aromatic carbocycles. The molecule has 0 spiro atoms. The van der Waals surface area contributed by atoms with E-state index >= 15 is 0 Å². The average Bonchev–Trinajstić information content (AvgIpc) is 2.85. The van der Waals surface area contributed by atoms with E-state index in [1.807, 2.05) is 24.3 Å². The van der Waals surface area contributed by atoms with Crippen LogP contribution in [0.5, 0.6) is 5.75 Å². The van der Waals surface area contributed by atoms with Gasteiger partial charge in [-0.2, -0.15) is 0 Å². The molecule has 0 radical (unpaired) electrons. The van der Waals surface area contributed by atoms with E-state index in [4.69, 9.17) is 4.74 Å². The van der Waals surface area contributed by atoms with Gasteiger partial charge in [0.05, 0.1) is 12.0 Å². The fourth-order valence-electron chi connectivity index (χ4n) is 3.81. The summed E-state index contributed by atoms with van der Waals surface area (Å²) in [6.45, 7) is 2.02. The number of methoxy groups -OCH3 is 1. The van der Waals surface area contributed by atoms with Crippen molar-refractivity contribution in [3.63, 3.8) is 0 Å². The first kappa shape index (κ1) is 22.7. The van der Waals surface area contributed by atoms with Gasteiger partial charge in [-0.25, -0.2) is 8.42 Å². The van der Waals surface area contributed by atoms with Gasteiger partial charge in [-0.15, -0.1) is 0 Å². The number of ether oxygens (including phenoxy) is 1. The summed E-state index contributed by atoms with van der Waals surface area (Å²) in [7, 11) is -2.32. The first-order valence-corrected chi connectivity index (χ1v) is 12.4. The van der Waals surface area contributed by atoms with E-state index in [0.29, 0.717) is 17.1 Å². The van der Waals surface area contributed by atoms with E-state index in [9.17, 15) is 13.2 Å². The van der Waals surface area contributed by atoms with E-state index < -0.39 is 10.0 Å². The minimum Gasteiger partial charge on any atom is -0.497 e. The number of sulfonamides is 1. The summed E-state index contributed by atoms with van der Waals surface area (Å²) >= 11 is 0. The van der Waals surface area contributed by atoms with Crippen LogP contribution in [-0.2, 0) is 10.0 Å².